The van der Waals surface area contributed by atoms with Crippen molar-refractivity contribution < 1.29 is 28.3 Å². The summed E-state index contributed by atoms with van der Waals surface area (Å²) in [6.07, 6.45) is 0.904. The topological polar surface area (TPSA) is 117 Å². The monoisotopic (exact) mass is 589 g/mol. The van der Waals surface area contributed by atoms with Gasteiger partial charge in [0.25, 0.3) is 11.5 Å². The highest BCUT2D eigenvalue weighted by Gasteiger charge is 2.30. The number of nitrogens with one attached hydrogen (secondary N) is 2. The number of nitrogens with zero attached hydrogens (tertiary/aromatic N) is 1. The lowest BCUT2D eigenvalue weighted by Gasteiger charge is -2.25. The number of hydrogen-bond acceptors (Lipinski definition) is 4. The largest absolute Gasteiger partial charge is 0.481 e. The smallest absolute Gasteiger partial charge is 0.305 e. The molecule has 2 atom stereocenters. The molecule has 2 aromatic carbocycles. The molecule has 0 radical (unpaired) electrons. The minimum absolute atomic E-state index is 0.104. The summed E-state index contributed by atoms with van der Waals surface area (Å²) in [6, 6.07) is 13.3. The number of carboxylic acids is 1. The number of carboxylic acid groups (broad SMARTS) is 1. The Hall–Kier alpha value is -4.86. The Morgan fingerprint density at radius 3 is 2.28 bits per heavy atom. The zero-order valence-corrected chi connectivity index (χ0v) is 24.3. The fourth-order valence-corrected chi connectivity index (χ4v) is 5.22. The summed E-state index contributed by atoms with van der Waals surface area (Å²) >= 11 is 0. The number of hydrogen-bond donors (Lipinski definition) is 3. The highest BCUT2D eigenvalue weighted by molar-refractivity contribution is 5.97. The number of pyridine rings is 2. The minimum atomic E-state index is -1.46. The van der Waals surface area contributed by atoms with E-state index in [9.17, 15) is 28.7 Å². The summed E-state index contributed by atoms with van der Waals surface area (Å²) in [7, 11) is 0. The highest BCUT2D eigenvalue weighted by atomic mass is 19.2. The summed E-state index contributed by atoms with van der Waals surface area (Å²) in [5.41, 5.74) is 2.07. The minimum Gasteiger partial charge on any atom is -0.481 e. The fraction of sp³-hybridized carbons (Fsp3) is 0.273. The molecular weight excluding hydrogens is 556 g/mol. The van der Waals surface area contributed by atoms with Gasteiger partial charge in [0.2, 0.25) is 5.91 Å². The van der Waals surface area contributed by atoms with Gasteiger partial charge >= 0.3 is 5.97 Å². The Bertz CT molecular complexity index is 1750. The Morgan fingerprint density at radius 2 is 1.63 bits per heavy atom. The summed E-state index contributed by atoms with van der Waals surface area (Å²) in [5.74, 6) is -5.53. The number of rotatable bonds is 10. The Balaban J connectivity index is 1.68. The van der Waals surface area contributed by atoms with Gasteiger partial charge < -0.3 is 15.7 Å². The second kappa shape index (κ2) is 13.0. The number of aromatic nitrogens is 1. The van der Waals surface area contributed by atoms with Gasteiger partial charge in [-0.2, -0.15) is 0 Å². The van der Waals surface area contributed by atoms with E-state index in [1.54, 1.807) is 24.3 Å². The van der Waals surface area contributed by atoms with E-state index in [1.165, 1.54) is 22.7 Å². The molecule has 0 unspecified atom stereocenters. The summed E-state index contributed by atoms with van der Waals surface area (Å²) in [4.78, 5) is 51.5. The van der Waals surface area contributed by atoms with Crippen molar-refractivity contribution in [2.45, 2.75) is 52.6 Å². The molecule has 0 saturated heterocycles. The Morgan fingerprint density at radius 1 is 0.930 bits per heavy atom. The van der Waals surface area contributed by atoms with E-state index in [0.29, 0.717) is 16.6 Å². The molecule has 4 aromatic rings. The van der Waals surface area contributed by atoms with Gasteiger partial charge in [0.05, 0.1) is 12.5 Å². The maximum absolute atomic E-state index is 15.2. The van der Waals surface area contributed by atoms with Gasteiger partial charge in [0.1, 0.15) is 11.6 Å². The molecule has 224 valence electrons. The van der Waals surface area contributed by atoms with Crippen molar-refractivity contribution in [3.05, 3.63) is 111 Å². The molecule has 0 fully saturated rings. The number of fused-ring (bicyclic) bond motifs is 1. The number of benzene rings is 2. The van der Waals surface area contributed by atoms with Crippen LogP contribution >= 0.6 is 0 Å². The number of carbonyl (C=O) groups is 3. The van der Waals surface area contributed by atoms with Crippen molar-refractivity contribution >= 4 is 23.3 Å². The molecule has 0 spiro atoms. The van der Waals surface area contributed by atoms with Crippen molar-refractivity contribution in [1.82, 2.24) is 15.0 Å². The van der Waals surface area contributed by atoms with Gasteiger partial charge in [-0.1, -0.05) is 38.1 Å². The van der Waals surface area contributed by atoms with Gasteiger partial charge in [0, 0.05) is 17.3 Å². The van der Waals surface area contributed by atoms with Gasteiger partial charge in [-0.3, -0.25) is 23.6 Å². The lowest BCUT2D eigenvalue weighted by atomic mass is 9.92. The first-order valence-electron chi connectivity index (χ1n) is 13.9. The van der Waals surface area contributed by atoms with Crippen LogP contribution in [0.4, 0.5) is 8.78 Å². The third-order valence-corrected chi connectivity index (χ3v) is 7.23. The molecule has 43 heavy (non-hydrogen) atoms. The van der Waals surface area contributed by atoms with E-state index < -0.39 is 53.5 Å². The fourth-order valence-electron chi connectivity index (χ4n) is 5.22. The second-order valence-corrected chi connectivity index (χ2v) is 11.0. The van der Waals surface area contributed by atoms with Crippen molar-refractivity contribution in [3.63, 3.8) is 0 Å². The molecule has 2 amide bonds. The zero-order valence-electron chi connectivity index (χ0n) is 24.3. The highest BCUT2D eigenvalue weighted by Crippen LogP contribution is 2.33. The predicted octanol–water partition coefficient (Wildman–Crippen LogP) is 5.34. The van der Waals surface area contributed by atoms with Crippen molar-refractivity contribution in [2.24, 2.45) is 5.92 Å². The summed E-state index contributed by atoms with van der Waals surface area (Å²) in [5, 5.41) is 14.7. The van der Waals surface area contributed by atoms with Crippen LogP contribution in [-0.4, -0.2) is 33.3 Å². The predicted molar refractivity (Wildman–Crippen MR) is 159 cm³/mol. The summed E-state index contributed by atoms with van der Waals surface area (Å²) < 4.78 is 31.5. The van der Waals surface area contributed by atoms with Crippen LogP contribution < -0.4 is 16.2 Å². The van der Waals surface area contributed by atoms with Gasteiger partial charge in [-0.15, -0.1) is 0 Å². The number of carbonyl (C=O) groups excluding carboxylic acids is 2. The standard InChI is InChI=1S/C33H33F2N3O5/c1-18(2)14-27(37-31(41)23-12-11-22-10-5-6-13-38(22)33(23)43)32(42)36-26(17-28(39)40)24-15-21(16-25(34)30(24)35)29-19(3)8-7-9-20(29)4/h5-13,15-16,18,26-27H,14,17H2,1-4H3,(H,36,42)(H,37,41)(H,39,40)/t26-,27-/m0/s1. The Kier molecular flexibility index (Phi) is 9.38. The lowest BCUT2D eigenvalue weighted by Crippen LogP contribution is -2.49. The van der Waals surface area contributed by atoms with Crippen LogP contribution in [0.2, 0.25) is 0 Å². The molecule has 3 N–H and O–H groups in total. The van der Waals surface area contributed by atoms with E-state index in [-0.39, 0.29) is 23.5 Å². The van der Waals surface area contributed by atoms with Gasteiger partial charge in [0.15, 0.2) is 11.6 Å². The van der Waals surface area contributed by atoms with Crippen LogP contribution in [0.1, 0.15) is 59.8 Å². The van der Waals surface area contributed by atoms with Crippen LogP contribution in [0.25, 0.3) is 16.6 Å². The second-order valence-electron chi connectivity index (χ2n) is 11.0. The number of aryl methyl sites for hydroxylation is 2. The molecule has 2 heterocycles. The third-order valence-electron chi connectivity index (χ3n) is 7.23. The average Bonchev–Trinajstić information content (AvgIpc) is 2.93. The van der Waals surface area contributed by atoms with E-state index in [1.807, 2.05) is 45.9 Å². The van der Waals surface area contributed by atoms with E-state index in [4.69, 9.17) is 0 Å². The van der Waals surface area contributed by atoms with E-state index >= 15 is 4.39 Å². The van der Waals surface area contributed by atoms with Crippen LogP contribution in [0.5, 0.6) is 0 Å². The summed E-state index contributed by atoms with van der Waals surface area (Å²) in [6.45, 7) is 7.27. The molecule has 0 aliphatic carbocycles. The number of aliphatic carboxylic acids is 1. The molecule has 0 aliphatic rings. The molecule has 0 aliphatic heterocycles. The van der Waals surface area contributed by atoms with Crippen LogP contribution in [0.15, 0.2) is 71.7 Å². The first-order valence-corrected chi connectivity index (χ1v) is 13.9. The number of amides is 2. The first kappa shape index (κ1) is 31.1. The molecule has 2 aromatic heterocycles. The van der Waals surface area contributed by atoms with Gasteiger partial charge in [-0.25, -0.2) is 8.78 Å². The molecule has 10 heteroatoms. The molecular formula is C33H33F2N3O5. The van der Waals surface area contributed by atoms with E-state index in [2.05, 4.69) is 10.6 Å². The molecule has 4 rings (SSSR count). The lowest BCUT2D eigenvalue weighted by molar-refractivity contribution is -0.137. The number of halogens is 2. The maximum atomic E-state index is 15.2. The van der Waals surface area contributed by atoms with Gasteiger partial charge in [-0.05, 0) is 84.8 Å². The van der Waals surface area contributed by atoms with Crippen molar-refractivity contribution in [2.75, 3.05) is 0 Å². The van der Waals surface area contributed by atoms with Crippen LogP contribution in [0, 0.1) is 31.4 Å². The molecule has 8 nitrogen and oxygen atoms in total. The van der Waals surface area contributed by atoms with Crippen molar-refractivity contribution in [1.29, 1.82) is 0 Å². The van der Waals surface area contributed by atoms with Crippen LogP contribution in [0.3, 0.4) is 0 Å². The molecule has 0 saturated carbocycles. The van der Waals surface area contributed by atoms with Crippen LogP contribution in [-0.2, 0) is 9.59 Å². The van der Waals surface area contributed by atoms with Crippen molar-refractivity contribution in [3.8, 4) is 11.1 Å². The zero-order chi connectivity index (χ0) is 31.4. The third kappa shape index (κ3) is 6.97. The quantitative estimate of drug-likeness (QED) is 0.231. The first-order chi connectivity index (χ1) is 20.4. The normalized spacial score (nSPS) is 12.6. The SMILES string of the molecule is Cc1cccc(C)c1-c1cc(F)c(F)c([C@H](CC(=O)O)NC(=O)[C@H](CC(C)C)NC(=O)c2ccc3ccccn3c2=O)c1. The maximum Gasteiger partial charge on any atom is 0.305 e. The average molecular weight is 590 g/mol. The molecule has 0 bridgehead atoms. The van der Waals surface area contributed by atoms with E-state index in [0.717, 1.165) is 17.2 Å². The Labute approximate surface area is 247 Å².